The van der Waals surface area contributed by atoms with Crippen molar-refractivity contribution in [1.29, 1.82) is 0 Å². The number of carbonyl (C=O) groups excluding carboxylic acids is 2. The first-order valence-electron chi connectivity index (χ1n) is 10.6. The van der Waals surface area contributed by atoms with Crippen LogP contribution in [-0.2, 0) is 4.79 Å². The second-order valence-corrected chi connectivity index (χ2v) is 8.14. The van der Waals surface area contributed by atoms with Gasteiger partial charge in [-0.05, 0) is 50.1 Å². The topological polar surface area (TPSA) is 71.1 Å². The van der Waals surface area contributed by atoms with Crippen LogP contribution >= 0.6 is 0 Å². The van der Waals surface area contributed by atoms with Crippen LogP contribution in [0.25, 0.3) is 22.2 Å². The molecule has 2 N–H and O–H groups in total. The molecule has 0 saturated heterocycles. The lowest BCUT2D eigenvalue weighted by Gasteiger charge is -2.23. The summed E-state index contributed by atoms with van der Waals surface area (Å²) in [5, 5.41) is 6.89. The van der Waals surface area contributed by atoms with Crippen molar-refractivity contribution in [1.82, 2.24) is 10.3 Å². The zero-order valence-corrected chi connectivity index (χ0v) is 17.5. The zero-order valence-electron chi connectivity index (χ0n) is 17.5. The predicted octanol–water partition coefficient (Wildman–Crippen LogP) is 5.23. The number of hydrogen-bond acceptors (Lipinski definition) is 3. The van der Waals surface area contributed by atoms with Crippen molar-refractivity contribution >= 4 is 28.4 Å². The van der Waals surface area contributed by atoms with Crippen LogP contribution in [0.1, 0.15) is 54.9 Å². The summed E-state index contributed by atoms with van der Waals surface area (Å²) in [5.74, 6) is -0.139. The lowest BCUT2D eigenvalue weighted by atomic mass is 9.95. The Hall–Kier alpha value is -3.21. The van der Waals surface area contributed by atoms with Crippen molar-refractivity contribution in [2.75, 3.05) is 5.32 Å². The Kier molecular flexibility index (Phi) is 5.79. The van der Waals surface area contributed by atoms with E-state index in [2.05, 4.69) is 10.6 Å². The molecule has 0 bridgehead atoms. The summed E-state index contributed by atoms with van der Waals surface area (Å²) in [4.78, 5) is 29.3. The molecule has 30 heavy (non-hydrogen) atoms. The highest BCUT2D eigenvalue weighted by molar-refractivity contribution is 6.07. The number of carbonyl (C=O) groups is 2. The molecule has 2 aromatic carbocycles. The summed E-state index contributed by atoms with van der Waals surface area (Å²) in [5.41, 5.74) is 4.95. The van der Waals surface area contributed by atoms with Crippen molar-refractivity contribution in [3.8, 4) is 11.3 Å². The number of fused-ring (bicyclic) bond motifs is 1. The summed E-state index contributed by atoms with van der Waals surface area (Å²) in [6.07, 6.45) is 5.69. The minimum atomic E-state index is -0.108. The molecule has 0 unspecified atom stereocenters. The molecule has 5 nitrogen and oxygen atoms in total. The van der Waals surface area contributed by atoms with Gasteiger partial charge in [-0.2, -0.15) is 0 Å². The third-order valence-electron chi connectivity index (χ3n) is 5.65. The number of aromatic nitrogens is 1. The van der Waals surface area contributed by atoms with Gasteiger partial charge in [-0.3, -0.25) is 9.59 Å². The molecule has 1 aliphatic carbocycles. The molecule has 1 saturated carbocycles. The van der Waals surface area contributed by atoms with Crippen LogP contribution in [0.2, 0.25) is 0 Å². The second kappa shape index (κ2) is 8.66. The summed E-state index contributed by atoms with van der Waals surface area (Å²) in [6, 6.07) is 15.7. The number of nitrogens with one attached hydrogen (secondary N) is 2. The fraction of sp³-hybridized carbons (Fsp3) is 0.320. The van der Waals surface area contributed by atoms with Gasteiger partial charge >= 0.3 is 0 Å². The lowest BCUT2D eigenvalue weighted by Crippen LogP contribution is -2.36. The van der Waals surface area contributed by atoms with Gasteiger partial charge in [0, 0.05) is 29.6 Å². The number of nitrogens with zero attached hydrogens (tertiary/aromatic N) is 1. The van der Waals surface area contributed by atoms with Gasteiger partial charge in [0.1, 0.15) is 0 Å². The molecular formula is C25H27N3O2. The summed E-state index contributed by atoms with van der Waals surface area (Å²) < 4.78 is 0. The summed E-state index contributed by atoms with van der Waals surface area (Å²) in [6.45, 7) is 3.51. The van der Waals surface area contributed by atoms with Gasteiger partial charge in [-0.15, -0.1) is 0 Å². The Morgan fingerprint density at radius 2 is 1.70 bits per heavy atom. The van der Waals surface area contributed by atoms with E-state index in [4.69, 9.17) is 4.98 Å². The van der Waals surface area contributed by atoms with Gasteiger partial charge in [-0.1, -0.05) is 43.0 Å². The first-order valence-corrected chi connectivity index (χ1v) is 10.6. The number of hydrogen-bond donors (Lipinski definition) is 2. The molecule has 1 aliphatic rings. The fourth-order valence-electron chi connectivity index (χ4n) is 4.11. The van der Waals surface area contributed by atoms with Crippen molar-refractivity contribution in [2.24, 2.45) is 0 Å². The van der Waals surface area contributed by atoms with Gasteiger partial charge < -0.3 is 10.6 Å². The van der Waals surface area contributed by atoms with Crippen LogP contribution in [0.15, 0.2) is 48.5 Å². The molecule has 2 amide bonds. The van der Waals surface area contributed by atoms with E-state index in [-0.39, 0.29) is 17.9 Å². The van der Waals surface area contributed by atoms with Gasteiger partial charge in [-0.25, -0.2) is 4.98 Å². The zero-order chi connectivity index (χ0) is 21.1. The Morgan fingerprint density at radius 3 is 2.40 bits per heavy atom. The minimum Gasteiger partial charge on any atom is -0.349 e. The molecule has 0 atom stereocenters. The standard InChI is InChI=1S/C25H27N3O2/c1-16-8-13-23-21(14-16)22(25(30)27-19-6-4-3-5-7-19)15-24(28-23)18-9-11-20(12-10-18)26-17(2)29/h8-15,19H,3-7H2,1-2H3,(H,26,29)(H,27,30). The Bertz CT molecular complexity index is 1080. The molecule has 1 heterocycles. The maximum atomic E-state index is 13.2. The van der Waals surface area contributed by atoms with Crippen molar-refractivity contribution in [3.05, 3.63) is 59.7 Å². The maximum Gasteiger partial charge on any atom is 0.252 e. The Balaban J connectivity index is 1.71. The van der Waals surface area contributed by atoms with E-state index in [9.17, 15) is 9.59 Å². The molecule has 4 rings (SSSR count). The number of amides is 2. The summed E-state index contributed by atoms with van der Waals surface area (Å²) in [7, 11) is 0. The fourth-order valence-corrected chi connectivity index (χ4v) is 4.11. The Morgan fingerprint density at radius 1 is 0.967 bits per heavy atom. The summed E-state index contributed by atoms with van der Waals surface area (Å²) >= 11 is 0. The molecular weight excluding hydrogens is 374 g/mol. The molecule has 1 aromatic heterocycles. The first kappa shape index (κ1) is 20.1. The van der Waals surface area contributed by atoms with E-state index in [0.717, 1.165) is 46.3 Å². The van der Waals surface area contributed by atoms with Crippen LogP contribution in [-0.4, -0.2) is 22.8 Å². The van der Waals surface area contributed by atoms with Gasteiger partial charge in [0.25, 0.3) is 5.91 Å². The van der Waals surface area contributed by atoms with Crippen molar-refractivity contribution in [2.45, 2.75) is 52.0 Å². The van der Waals surface area contributed by atoms with Crippen LogP contribution in [0.4, 0.5) is 5.69 Å². The molecule has 5 heteroatoms. The highest BCUT2D eigenvalue weighted by Crippen LogP contribution is 2.27. The van der Waals surface area contributed by atoms with Crippen molar-refractivity contribution in [3.63, 3.8) is 0 Å². The monoisotopic (exact) mass is 401 g/mol. The SMILES string of the molecule is CC(=O)Nc1ccc(-c2cc(C(=O)NC3CCCCC3)c3cc(C)ccc3n2)cc1. The molecule has 0 aliphatic heterocycles. The van der Waals surface area contributed by atoms with Crippen LogP contribution < -0.4 is 10.6 Å². The minimum absolute atomic E-state index is 0.0315. The van der Waals surface area contributed by atoms with E-state index >= 15 is 0 Å². The third kappa shape index (κ3) is 4.51. The highest BCUT2D eigenvalue weighted by atomic mass is 16.2. The molecule has 3 aromatic rings. The van der Waals surface area contributed by atoms with E-state index < -0.39 is 0 Å². The van der Waals surface area contributed by atoms with Gasteiger partial charge in [0.05, 0.1) is 16.8 Å². The van der Waals surface area contributed by atoms with Crippen LogP contribution in [0.3, 0.4) is 0 Å². The molecule has 0 spiro atoms. The normalized spacial score (nSPS) is 14.5. The highest BCUT2D eigenvalue weighted by Gasteiger charge is 2.19. The van der Waals surface area contributed by atoms with E-state index in [1.807, 2.05) is 55.5 Å². The molecule has 154 valence electrons. The van der Waals surface area contributed by atoms with Gasteiger partial charge in [0.15, 0.2) is 0 Å². The largest absolute Gasteiger partial charge is 0.349 e. The number of benzene rings is 2. The molecule has 0 radical (unpaired) electrons. The van der Waals surface area contributed by atoms with E-state index in [1.165, 1.54) is 26.2 Å². The van der Waals surface area contributed by atoms with E-state index in [1.54, 1.807) is 0 Å². The number of anilines is 1. The van der Waals surface area contributed by atoms with E-state index in [0.29, 0.717) is 5.56 Å². The van der Waals surface area contributed by atoms with Gasteiger partial charge in [0.2, 0.25) is 5.91 Å². The lowest BCUT2D eigenvalue weighted by molar-refractivity contribution is -0.114. The average molecular weight is 402 g/mol. The third-order valence-corrected chi connectivity index (χ3v) is 5.65. The van der Waals surface area contributed by atoms with Crippen LogP contribution in [0.5, 0.6) is 0 Å². The number of pyridine rings is 1. The predicted molar refractivity (Wildman–Crippen MR) is 121 cm³/mol. The average Bonchev–Trinajstić information content (AvgIpc) is 2.74. The quantitative estimate of drug-likeness (QED) is 0.629. The first-order chi connectivity index (χ1) is 14.5. The van der Waals surface area contributed by atoms with Crippen LogP contribution in [0, 0.1) is 6.92 Å². The number of aryl methyl sites for hydroxylation is 1. The number of rotatable bonds is 4. The van der Waals surface area contributed by atoms with Crippen molar-refractivity contribution < 1.29 is 9.59 Å². The Labute approximate surface area is 176 Å². The smallest absolute Gasteiger partial charge is 0.252 e. The maximum absolute atomic E-state index is 13.2. The molecule has 1 fully saturated rings. The second-order valence-electron chi connectivity index (χ2n) is 8.14.